The van der Waals surface area contributed by atoms with Crippen LogP contribution in [0, 0.1) is 0 Å². The van der Waals surface area contributed by atoms with Gasteiger partial charge in [-0.05, 0) is 18.6 Å². The normalized spacial score (nSPS) is 13.1. The maximum absolute atomic E-state index is 5.83. The summed E-state index contributed by atoms with van der Waals surface area (Å²) in [5.74, 6) is 0. The van der Waals surface area contributed by atoms with E-state index in [2.05, 4.69) is 23.3 Å². The van der Waals surface area contributed by atoms with Crippen molar-refractivity contribution in [3.05, 3.63) is 29.3 Å². The Balaban J connectivity index is 1.94. The molecule has 1 heterocycles. The number of nitrogens with two attached hydrogens (primary N) is 1. The van der Waals surface area contributed by atoms with Gasteiger partial charge in [-0.15, -0.1) is 11.3 Å². The van der Waals surface area contributed by atoms with Crippen LogP contribution in [0.15, 0.2) is 24.3 Å². The lowest BCUT2D eigenvalue weighted by molar-refractivity contribution is 0.563. The van der Waals surface area contributed by atoms with Crippen LogP contribution in [0.1, 0.15) is 18.4 Å². The summed E-state index contributed by atoms with van der Waals surface area (Å²) in [6.07, 6.45) is 1.01. The number of thiazole rings is 1. The summed E-state index contributed by atoms with van der Waals surface area (Å²) in [7, 11) is 0. The van der Waals surface area contributed by atoms with Crippen molar-refractivity contribution in [2.45, 2.75) is 25.9 Å². The van der Waals surface area contributed by atoms with E-state index in [-0.39, 0.29) is 6.04 Å². The molecule has 3 nitrogen and oxygen atoms in total. The monoisotopic (exact) mass is 235 g/mol. The minimum Gasteiger partial charge on any atom is -0.327 e. The highest BCUT2D eigenvalue weighted by Crippen LogP contribution is 2.21. The molecule has 4 heteroatoms. The van der Waals surface area contributed by atoms with Crippen LogP contribution in [-0.2, 0) is 6.54 Å². The molecule has 0 aliphatic carbocycles. The van der Waals surface area contributed by atoms with E-state index in [0.29, 0.717) is 0 Å². The fraction of sp³-hybridized carbons (Fsp3) is 0.417. The summed E-state index contributed by atoms with van der Waals surface area (Å²) in [6, 6.07) is 8.47. The molecule has 0 radical (unpaired) electrons. The summed E-state index contributed by atoms with van der Waals surface area (Å²) in [5, 5.41) is 4.47. The third-order valence-corrected chi connectivity index (χ3v) is 3.58. The number of nitrogens with one attached hydrogen (secondary N) is 1. The van der Waals surface area contributed by atoms with E-state index in [4.69, 9.17) is 5.73 Å². The molecule has 86 valence electrons. The second kappa shape index (κ2) is 5.39. The van der Waals surface area contributed by atoms with Crippen LogP contribution in [0.5, 0.6) is 0 Å². The molecule has 0 bridgehead atoms. The van der Waals surface area contributed by atoms with E-state index >= 15 is 0 Å². The Kier molecular flexibility index (Phi) is 3.88. The number of hydrogen-bond donors (Lipinski definition) is 2. The average Bonchev–Trinajstić information content (AvgIpc) is 2.71. The molecule has 2 rings (SSSR count). The number of nitrogens with zero attached hydrogens (tertiary/aromatic N) is 1. The molecule has 0 amide bonds. The molecule has 1 aromatic heterocycles. The first kappa shape index (κ1) is 11.5. The lowest BCUT2D eigenvalue weighted by Crippen LogP contribution is -2.32. The number of hydrogen-bond acceptors (Lipinski definition) is 4. The lowest BCUT2D eigenvalue weighted by Gasteiger charge is -2.08. The zero-order valence-electron chi connectivity index (χ0n) is 9.44. The van der Waals surface area contributed by atoms with Crippen LogP contribution in [0.3, 0.4) is 0 Å². The molecule has 1 atom stereocenters. The van der Waals surface area contributed by atoms with Gasteiger partial charge in [0.2, 0.25) is 0 Å². The summed E-state index contributed by atoms with van der Waals surface area (Å²) in [4.78, 5) is 4.55. The quantitative estimate of drug-likeness (QED) is 0.834. The van der Waals surface area contributed by atoms with Crippen molar-refractivity contribution in [1.29, 1.82) is 0 Å². The predicted molar refractivity (Wildman–Crippen MR) is 69.6 cm³/mol. The third kappa shape index (κ3) is 2.78. The summed E-state index contributed by atoms with van der Waals surface area (Å²) < 4.78 is 1.25. The largest absolute Gasteiger partial charge is 0.327 e. The van der Waals surface area contributed by atoms with E-state index in [1.165, 1.54) is 4.70 Å². The maximum atomic E-state index is 5.83. The van der Waals surface area contributed by atoms with Gasteiger partial charge in [-0.2, -0.15) is 0 Å². The number of rotatable bonds is 5. The Morgan fingerprint density at radius 3 is 3.00 bits per heavy atom. The fourth-order valence-corrected chi connectivity index (χ4v) is 2.44. The van der Waals surface area contributed by atoms with Gasteiger partial charge >= 0.3 is 0 Å². The molecule has 0 saturated carbocycles. The Morgan fingerprint density at radius 2 is 2.25 bits per heavy atom. The van der Waals surface area contributed by atoms with Gasteiger partial charge in [-0.1, -0.05) is 19.1 Å². The first-order valence-electron chi connectivity index (χ1n) is 5.60. The van der Waals surface area contributed by atoms with Crippen molar-refractivity contribution in [3.8, 4) is 0 Å². The van der Waals surface area contributed by atoms with Crippen molar-refractivity contribution < 1.29 is 0 Å². The van der Waals surface area contributed by atoms with Crippen molar-refractivity contribution in [1.82, 2.24) is 10.3 Å². The Bertz CT molecular complexity index is 419. The highest BCUT2D eigenvalue weighted by atomic mass is 32.1. The van der Waals surface area contributed by atoms with Gasteiger partial charge in [-0.25, -0.2) is 4.98 Å². The highest BCUT2D eigenvalue weighted by molar-refractivity contribution is 7.18. The van der Waals surface area contributed by atoms with Crippen molar-refractivity contribution >= 4 is 21.6 Å². The van der Waals surface area contributed by atoms with Gasteiger partial charge in [-0.3, -0.25) is 0 Å². The van der Waals surface area contributed by atoms with Crippen molar-refractivity contribution in [3.63, 3.8) is 0 Å². The molecule has 16 heavy (non-hydrogen) atoms. The molecule has 1 aromatic carbocycles. The Hall–Kier alpha value is -0.970. The van der Waals surface area contributed by atoms with Gasteiger partial charge in [0, 0.05) is 19.1 Å². The highest BCUT2D eigenvalue weighted by Gasteiger charge is 2.03. The van der Waals surface area contributed by atoms with Gasteiger partial charge in [0.25, 0.3) is 0 Å². The molecule has 1 unspecified atom stereocenters. The molecular formula is C12H17N3S. The minimum atomic E-state index is 0.245. The molecule has 0 aliphatic heterocycles. The van der Waals surface area contributed by atoms with Gasteiger partial charge in [0.05, 0.1) is 10.2 Å². The molecule has 0 spiro atoms. The molecule has 0 aliphatic rings. The van der Waals surface area contributed by atoms with E-state index in [0.717, 1.165) is 30.0 Å². The second-order valence-electron chi connectivity index (χ2n) is 3.87. The maximum Gasteiger partial charge on any atom is 0.108 e. The molecule has 3 N–H and O–H groups in total. The first-order chi connectivity index (χ1) is 7.79. The lowest BCUT2D eigenvalue weighted by atomic mass is 10.2. The summed E-state index contributed by atoms with van der Waals surface area (Å²) in [5.41, 5.74) is 6.92. The van der Waals surface area contributed by atoms with Crippen molar-refractivity contribution in [2.24, 2.45) is 5.73 Å². The van der Waals surface area contributed by atoms with E-state index < -0.39 is 0 Å². The van der Waals surface area contributed by atoms with Crippen molar-refractivity contribution in [2.75, 3.05) is 6.54 Å². The van der Waals surface area contributed by atoms with E-state index in [1.54, 1.807) is 11.3 Å². The number of para-hydroxylation sites is 1. The second-order valence-corrected chi connectivity index (χ2v) is 4.99. The van der Waals surface area contributed by atoms with Crippen LogP contribution in [0.4, 0.5) is 0 Å². The van der Waals surface area contributed by atoms with E-state index in [9.17, 15) is 0 Å². The topological polar surface area (TPSA) is 50.9 Å². The first-order valence-corrected chi connectivity index (χ1v) is 6.42. The molecule has 2 aromatic rings. The minimum absolute atomic E-state index is 0.245. The fourth-order valence-electron chi connectivity index (χ4n) is 1.50. The zero-order chi connectivity index (χ0) is 11.4. The third-order valence-electron chi connectivity index (χ3n) is 2.55. The summed E-state index contributed by atoms with van der Waals surface area (Å²) >= 11 is 1.74. The smallest absolute Gasteiger partial charge is 0.108 e. The molecule has 0 saturated heterocycles. The number of aromatic nitrogens is 1. The van der Waals surface area contributed by atoms with Gasteiger partial charge < -0.3 is 11.1 Å². The van der Waals surface area contributed by atoms with Crippen LogP contribution in [0.25, 0.3) is 10.2 Å². The van der Waals surface area contributed by atoms with Crippen LogP contribution in [-0.4, -0.2) is 17.6 Å². The SMILES string of the molecule is CCC(N)CNCc1nc2ccccc2s1. The molecular weight excluding hydrogens is 218 g/mol. The van der Waals surface area contributed by atoms with Crippen LogP contribution in [0.2, 0.25) is 0 Å². The zero-order valence-corrected chi connectivity index (χ0v) is 10.3. The average molecular weight is 235 g/mol. The van der Waals surface area contributed by atoms with Gasteiger partial charge in [0.15, 0.2) is 0 Å². The Morgan fingerprint density at radius 1 is 1.44 bits per heavy atom. The molecule has 0 fully saturated rings. The number of fused-ring (bicyclic) bond motifs is 1. The summed E-state index contributed by atoms with van der Waals surface area (Å²) in [6.45, 7) is 3.77. The Labute approximate surface area is 99.7 Å². The van der Waals surface area contributed by atoms with E-state index in [1.807, 2.05) is 18.2 Å². The van der Waals surface area contributed by atoms with Crippen LogP contribution < -0.4 is 11.1 Å². The predicted octanol–water partition coefficient (Wildman–Crippen LogP) is 2.12. The van der Waals surface area contributed by atoms with Gasteiger partial charge in [0.1, 0.15) is 5.01 Å². The standard InChI is InChI=1S/C12H17N3S/c1-2-9(13)7-14-8-12-15-10-5-3-4-6-11(10)16-12/h3-6,9,14H,2,7-8,13H2,1H3. The van der Waals surface area contributed by atoms with Crippen LogP contribution >= 0.6 is 11.3 Å². The number of benzene rings is 1.